The number of nitrogens with zero attached hydrogens (tertiary/aromatic N) is 2. The number of amides is 2. The molecule has 3 aromatic carbocycles. The normalized spacial score (nSPS) is 16.0. The summed E-state index contributed by atoms with van der Waals surface area (Å²) in [5.41, 5.74) is 2.37. The number of anilines is 1. The zero-order valence-electron chi connectivity index (χ0n) is 21.7. The number of aliphatic imine (C=N–C) groups is 1. The SMILES string of the molecule is CCOc1cccc(NC(=O)CC2SC(=Nc3ccccc3)N(CCc3ccc(OC)c(OC)c3)C2=O)c1. The molecular formula is C29H31N3O5S. The van der Waals surface area contributed by atoms with Gasteiger partial charge in [0, 0.05) is 24.7 Å². The second-order valence-corrected chi connectivity index (χ2v) is 9.65. The van der Waals surface area contributed by atoms with E-state index in [1.165, 1.54) is 11.8 Å². The Bertz CT molecular complexity index is 1300. The van der Waals surface area contributed by atoms with Gasteiger partial charge in [0.15, 0.2) is 16.7 Å². The summed E-state index contributed by atoms with van der Waals surface area (Å²) in [6.07, 6.45) is 0.618. The van der Waals surface area contributed by atoms with Crippen LogP contribution in [-0.4, -0.2) is 54.5 Å². The van der Waals surface area contributed by atoms with Crippen LogP contribution >= 0.6 is 11.8 Å². The quantitative estimate of drug-likeness (QED) is 0.360. The molecule has 1 saturated heterocycles. The number of carbonyl (C=O) groups excluding carboxylic acids is 2. The highest BCUT2D eigenvalue weighted by atomic mass is 32.2. The van der Waals surface area contributed by atoms with Crippen LogP contribution in [0.1, 0.15) is 18.9 Å². The average molecular weight is 534 g/mol. The maximum Gasteiger partial charge on any atom is 0.242 e. The van der Waals surface area contributed by atoms with Crippen molar-refractivity contribution in [3.63, 3.8) is 0 Å². The molecule has 8 nitrogen and oxygen atoms in total. The van der Waals surface area contributed by atoms with Crippen LogP contribution in [0, 0.1) is 0 Å². The summed E-state index contributed by atoms with van der Waals surface area (Å²) >= 11 is 1.32. The Morgan fingerprint density at radius 2 is 1.79 bits per heavy atom. The summed E-state index contributed by atoms with van der Waals surface area (Å²) in [5.74, 6) is 1.57. The van der Waals surface area contributed by atoms with E-state index in [0.29, 0.717) is 47.7 Å². The van der Waals surface area contributed by atoms with Gasteiger partial charge in [-0.25, -0.2) is 4.99 Å². The minimum Gasteiger partial charge on any atom is -0.494 e. The summed E-state index contributed by atoms with van der Waals surface area (Å²) in [6.45, 7) is 2.86. The Balaban J connectivity index is 1.48. The molecule has 0 saturated carbocycles. The van der Waals surface area contributed by atoms with Crippen LogP contribution in [0.25, 0.3) is 0 Å². The lowest BCUT2D eigenvalue weighted by Gasteiger charge is -2.17. The van der Waals surface area contributed by atoms with Gasteiger partial charge in [0.1, 0.15) is 11.0 Å². The van der Waals surface area contributed by atoms with Gasteiger partial charge in [-0.1, -0.05) is 42.1 Å². The maximum absolute atomic E-state index is 13.5. The van der Waals surface area contributed by atoms with E-state index in [0.717, 1.165) is 11.3 Å². The van der Waals surface area contributed by atoms with E-state index >= 15 is 0 Å². The topological polar surface area (TPSA) is 89.5 Å². The van der Waals surface area contributed by atoms with Gasteiger partial charge >= 0.3 is 0 Å². The summed E-state index contributed by atoms with van der Waals surface area (Å²) in [4.78, 5) is 32.7. The molecule has 9 heteroatoms. The fourth-order valence-electron chi connectivity index (χ4n) is 4.03. The lowest BCUT2D eigenvalue weighted by atomic mass is 10.1. The van der Waals surface area contributed by atoms with Crippen LogP contribution in [0.3, 0.4) is 0 Å². The molecule has 4 rings (SSSR count). The van der Waals surface area contributed by atoms with Crippen molar-refractivity contribution >= 4 is 40.1 Å². The predicted molar refractivity (Wildman–Crippen MR) is 151 cm³/mol. The highest BCUT2D eigenvalue weighted by Crippen LogP contribution is 2.33. The molecule has 1 N–H and O–H groups in total. The minimum atomic E-state index is -0.571. The van der Waals surface area contributed by atoms with E-state index in [-0.39, 0.29) is 18.2 Å². The van der Waals surface area contributed by atoms with Crippen molar-refractivity contribution in [2.75, 3.05) is 32.7 Å². The lowest BCUT2D eigenvalue weighted by Crippen LogP contribution is -2.35. The van der Waals surface area contributed by atoms with Crippen molar-refractivity contribution in [2.45, 2.75) is 25.0 Å². The fraction of sp³-hybridized carbons (Fsp3) is 0.276. The Morgan fingerprint density at radius 3 is 2.53 bits per heavy atom. The van der Waals surface area contributed by atoms with Crippen molar-refractivity contribution in [1.82, 2.24) is 4.90 Å². The molecule has 1 atom stereocenters. The summed E-state index contributed by atoms with van der Waals surface area (Å²) < 4.78 is 16.2. The lowest BCUT2D eigenvalue weighted by molar-refractivity contribution is -0.128. The molecule has 0 aromatic heterocycles. The molecule has 1 aliphatic heterocycles. The Hall–Kier alpha value is -3.98. The Morgan fingerprint density at radius 1 is 1.00 bits per heavy atom. The number of amidine groups is 1. The van der Waals surface area contributed by atoms with E-state index in [1.807, 2.05) is 67.6 Å². The van der Waals surface area contributed by atoms with Crippen molar-refractivity contribution in [1.29, 1.82) is 0 Å². The van der Waals surface area contributed by atoms with Crippen molar-refractivity contribution < 1.29 is 23.8 Å². The molecule has 38 heavy (non-hydrogen) atoms. The second kappa shape index (κ2) is 13.0. The van der Waals surface area contributed by atoms with Gasteiger partial charge in [-0.2, -0.15) is 0 Å². The molecule has 1 unspecified atom stereocenters. The molecule has 0 spiro atoms. The van der Waals surface area contributed by atoms with Gasteiger partial charge in [-0.3, -0.25) is 14.5 Å². The van der Waals surface area contributed by atoms with Crippen molar-refractivity contribution in [2.24, 2.45) is 4.99 Å². The Kier molecular flexibility index (Phi) is 9.26. The number of hydrogen-bond acceptors (Lipinski definition) is 7. The molecule has 0 radical (unpaired) electrons. The standard InChI is InChI=1S/C29H31N3O5S/c1-4-37-23-12-8-11-22(18-23)30-27(33)19-26-28(34)32(29(38-26)31-21-9-6-5-7-10-21)16-15-20-13-14-24(35-2)25(17-20)36-3/h5-14,17-18,26H,4,15-16,19H2,1-3H3,(H,30,33). The third kappa shape index (κ3) is 6.86. The van der Waals surface area contributed by atoms with Crippen LogP contribution in [0.4, 0.5) is 11.4 Å². The molecule has 1 aliphatic rings. The summed E-state index contributed by atoms with van der Waals surface area (Å²) in [7, 11) is 3.19. The first-order chi connectivity index (χ1) is 18.5. The molecule has 1 heterocycles. The highest BCUT2D eigenvalue weighted by Gasteiger charge is 2.39. The number of benzene rings is 3. The largest absolute Gasteiger partial charge is 0.494 e. The molecule has 0 bridgehead atoms. The van der Waals surface area contributed by atoms with E-state index in [9.17, 15) is 9.59 Å². The first kappa shape index (κ1) is 27.1. The molecule has 0 aliphatic carbocycles. The smallest absolute Gasteiger partial charge is 0.242 e. The third-order valence-corrected chi connectivity index (χ3v) is 7.05. The number of para-hydroxylation sites is 1. The van der Waals surface area contributed by atoms with Crippen LogP contribution in [0.5, 0.6) is 17.2 Å². The van der Waals surface area contributed by atoms with Crippen LogP contribution < -0.4 is 19.5 Å². The van der Waals surface area contributed by atoms with Gasteiger partial charge in [-0.15, -0.1) is 0 Å². The van der Waals surface area contributed by atoms with Crippen LogP contribution in [0.2, 0.25) is 0 Å². The van der Waals surface area contributed by atoms with Gasteiger partial charge in [0.05, 0.1) is 26.5 Å². The molecular weight excluding hydrogens is 502 g/mol. The van der Waals surface area contributed by atoms with Gasteiger partial charge in [0.25, 0.3) is 0 Å². The van der Waals surface area contributed by atoms with E-state index < -0.39 is 5.25 Å². The highest BCUT2D eigenvalue weighted by molar-refractivity contribution is 8.15. The zero-order valence-corrected chi connectivity index (χ0v) is 22.5. The Labute approximate surface area is 227 Å². The van der Waals surface area contributed by atoms with Gasteiger partial charge in [-0.05, 0) is 55.3 Å². The minimum absolute atomic E-state index is 0.0308. The van der Waals surface area contributed by atoms with E-state index in [2.05, 4.69) is 5.32 Å². The van der Waals surface area contributed by atoms with Crippen molar-refractivity contribution in [3.8, 4) is 17.2 Å². The van der Waals surface area contributed by atoms with E-state index in [4.69, 9.17) is 19.2 Å². The number of methoxy groups -OCH3 is 2. The number of rotatable bonds is 11. The fourth-order valence-corrected chi connectivity index (χ4v) is 5.22. The first-order valence-electron chi connectivity index (χ1n) is 12.4. The molecule has 1 fully saturated rings. The number of nitrogens with one attached hydrogen (secondary N) is 1. The predicted octanol–water partition coefficient (Wildman–Crippen LogP) is 5.31. The summed E-state index contributed by atoms with van der Waals surface area (Å²) in [5, 5.41) is 2.89. The number of hydrogen-bond donors (Lipinski definition) is 1. The van der Waals surface area contributed by atoms with Crippen molar-refractivity contribution in [3.05, 3.63) is 78.4 Å². The molecule has 3 aromatic rings. The van der Waals surface area contributed by atoms with Crippen LogP contribution in [0.15, 0.2) is 77.8 Å². The van der Waals surface area contributed by atoms with Gasteiger partial charge in [0.2, 0.25) is 11.8 Å². The second-order valence-electron chi connectivity index (χ2n) is 8.48. The first-order valence-corrected chi connectivity index (χ1v) is 13.2. The number of thioether (sulfide) groups is 1. The monoisotopic (exact) mass is 533 g/mol. The number of ether oxygens (including phenoxy) is 3. The third-order valence-electron chi connectivity index (χ3n) is 5.87. The molecule has 2 amide bonds. The number of carbonyl (C=O) groups is 2. The van der Waals surface area contributed by atoms with Gasteiger partial charge < -0.3 is 19.5 Å². The maximum atomic E-state index is 13.5. The summed E-state index contributed by atoms with van der Waals surface area (Å²) in [6, 6.07) is 22.4. The average Bonchev–Trinajstić information content (AvgIpc) is 3.21. The molecule has 198 valence electrons. The van der Waals surface area contributed by atoms with Crippen LogP contribution in [-0.2, 0) is 16.0 Å². The zero-order chi connectivity index (χ0) is 26.9. The van der Waals surface area contributed by atoms with E-state index in [1.54, 1.807) is 31.3 Å².